The zero-order valence-corrected chi connectivity index (χ0v) is 20.7. The molecule has 5 rings (SSSR count). The monoisotopic (exact) mass is 564 g/mol. The quantitative estimate of drug-likeness (QED) is 0.171. The second-order valence-corrected chi connectivity index (χ2v) is 9.47. The fourth-order valence-corrected chi connectivity index (χ4v) is 4.62. The highest BCUT2D eigenvalue weighted by Crippen LogP contribution is 2.37. The van der Waals surface area contributed by atoms with Crippen LogP contribution in [-0.4, -0.2) is 109 Å². The number of rotatable bonds is 6. The van der Waals surface area contributed by atoms with Gasteiger partial charge in [0.15, 0.2) is 18.2 Å². The van der Waals surface area contributed by atoms with Gasteiger partial charge in [0.25, 0.3) is 0 Å². The Hall–Kier alpha value is -3.31. The average molecular weight is 564 g/mol. The Labute approximate surface area is 225 Å². The van der Waals surface area contributed by atoms with Crippen LogP contribution < -0.4 is 10.2 Å². The number of benzene rings is 2. The van der Waals surface area contributed by atoms with Crippen LogP contribution in [0, 0.1) is 0 Å². The molecule has 0 spiro atoms. The van der Waals surface area contributed by atoms with E-state index in [1.807, 2.05) is 0 Å². The van der Waals surface area contributed by atoms with E-state index < -0.39 is 85.4 Å². The molecule has 40 heavy (non-hydrogen) atoms. The number of aliphatic hydroxyl groups excluding tert-OH is 6. The number of phenolic OH excluding ortho intramolecular Hbond substituents is 2. The normalized spacial score (nSPS) is 32.7. The van der Waals surface area contributed by atoms with Crippen LogP contribution in [-0.2, 0) is 14.2 Å². The zero-order chi connectivity index (χ0) is 28.7. The molecule has 0 saturated carbocycles. The molecule has 2 aliphatic rings. The molecule has 9 unspecified atom stereocenters. The standard InChI is InChI=1S/C26H28O14/c27-8-15-18(32)20(34)24(40-25-21(35)17(31)13(30)9-36-25)26(38-15)39-23-19(33)16-12(29)6-11(28)7-14(16)37-22(23)10-4-2-1-3-5-10/h1-7,13,15,17-18,20-21,24-32,34-35H,8-9H2. The molecule has 9 atom stereocenters. The van der Waals surface area contributed by atoms with Crippen LogP contribution in [0.1, 0.15) is 0 Å². The lowest BCUT2D eigenvalue weighted by molar-refractivity contribution is -0.345. The molecule has 3 aromatic rings. The van der Waals surface area contributed by atoms with E-state index in [0.717, 1.165) is 12.1 Å². The first-order chi connectivity index (χ1) is 19.1. The first kappa shape index (κ1) is 28.2. The maximum absolute atomic E-state index is 13.6. The average Bonchev–Trinajstić information content (AvgIpc) is 2.93. The molecule has 2 fully saturated rings. The van der Waals surface area contributed by atoms with E-state index in [2.05, 4.69) is 0 Å². The first-order valence-electron chi connectivity index (χ1n) is 12.3. The van der Waals surface area contributed by atoms with E-state index in [-0.39, 0.29) is 22.5 Å². The third kappa shape index (κ3) is 5.12. The molecule has 2 aliphatic heterocycles. The fraction of sp³-hybridized carbons (Fsp3) is 0.423. The van der Waals surface area contributed by atoms with Crippen molar-refractivity contribution in [2.75, 3.05) is 13.2 Å². The predicted molar refractivity (Wildman–Crippen MR) is 132 cm³/mol. The van der Waals surface area contributed by atoms with Crippen molar-refractivity contribution in [3.8, 4) is 28.6 Å². The molecule has 0 radical (unpaired) electrons. The van der Waals surface area contributed by atoms with E-state index in [4.69, 9.17) is 23.4 Å². The first-order valence-corrected chi connectivity index (χ1v) is 12.3. The Bertz CT molecular complexity index is 1390. The summed E-state index contributed by atoms with van der Waals surface area (Å²) in [5, 5.41) is 81.1. The van der Waals surface area contributed by atoms with Crippen LogP contribution in [0.5, 0.6) is 17.2 Å². The zero-order valence-electron chi connectivity index (χ0n) is 20.7. The van der Waals surface area contributed by atoms with Crippen LogP contribution in [0.15, 0.2) is 51.7 Å². The molecule has 14 heteroatoms. The number of fused-ring (bicyclic) bond motifs is 1. The van der Waals surface area contributed by atoms with Gasteiger partial charge >= 0.3 is 0 Å². The van der Waals surface area contributed by atoms with Gasteiger partial charge in [0, 0.05) is 17.7 Å². The Morgan fingerprint density at radius 2 is 1.62 bits per heavy atom. The number of hydrogen-bond donors (Lipinski definition) is 8. The van der Waals surface area contributed by atoms with Crippen molar-refractivity contribution in [1.82, 2.24) is 0 Å². The van der Waals surface area contributed by atoms with E-state index in [1.165, 1.54) is 0 Å². The summed E-state index contributed by atoms with van der Waals surface area (Å²) in [6.07, 6.45) is -14.9. The smallest absolute Gasteiger partial charge is 0.239 e. The van der Waals surface area contributed by atoms with Crippen molar-refractivity contribution in [2.24, 2.45) is 0 Å². The highest BCUT2D eigenvalue weighted by Gasteiger charge is 2.50. The molecule has 2 saturated heterocycles. The summed E-state index contributed by atoms with van der Waals surface area (Å²) >= 11 is 0. The summed E-state index contributed by atoms with van der Waals surface area (Å²) in [6, 6.07) is 10.2. The maximum Gasteiger partial charge on any atom is 0.239 e. The van der Waals surface area contributed by atoms with Crippen molar-refractivity contribution in [2.45, 2.75) is 55.3 Å². The fourth-order valence-electron chi connectivity index (χ4n) is 4.62. The van der Waals surface area contributed by atoms with E-state index in [9.17, 15) is 45.6 Å². The lowest BCUT2D eigenvalue weighted by atomic mass is 9.98. The van der Waals surface area contributed by atoms with Gasteiger partial charge in [-0.2, -0.15) is 0 Å². The van der Waals surface area contributed by atoms with Gasteiger partial charge in [0.05, 0.1) is 13.2 Å². The molecule has 8 N–H and O–H groups in total. The van der Waals surface area contributed by atoms with Gasteiger partial charge < -0.3 is 64.2 Å². The molecule has 3 heterocycles. The Morgan fingerprint density at radius 1 is 0.900 bits per heavy atom. The highest BCUT2D eigenvalue weighted by atomic mass is 16.8. The van der Waals surface area contributed by atoms with Gasteiger partial charge in [0.1, 0.15) is 59.1 Å². The minimum atomic E-state index is -1.83. The van der Waals surface area contributed by atoms with Gasteiger partial charge in [-0.1, -0.05) is 30.3 Å². The predicted octanol–water partition coefficient (Wildman–Crippen LogP) is -1.49. The van der Waals surface area contributed by atoms with E-state index in [0.29, 0.717) is 5.56 Å². The topological polar surface area (TPSA) is 229 Å². The number of ether oxygens (including phenoxy) is 4. The largest absolute Gasteiger partial charge is 0.508 e. The molecule has 0 amide bonds. The SMILES string of the molecule is O=c1c(OC2OC(CO)C(O)C(O)C2OC2OCC(O)C(O)C2O)c(-c2ccccc2)oc2cc(O)cc(O)c12. The van der Waals surface area contributed by atoms with Crippen LogP contribution >= 0.6 is 0 Å². The summed E-state index contributed by atoms with van der Waals surface area (Å²) in [5.74, 6) is -1.65. The van der Waals surface area contributed by atoms with Crippen LogP contribution in [0.25, 0.3) is 22.3 Å². The Morgan fingerprint density at radius 3 is 2.33 bits per heavy atom. The lowest BCUT2D eigenvalue weighted by Gasteiger charge is -2.44. The minimum absolute atomic E-state index is 0.154. The lowest BCUT2D eigenvalue weighted by Crippen LogP contribution is -2.64. The number of hydrogen-bond acceptors (Lipinski definition) is 14. The molecule has 2 aromatic carbocycles. The molecular formula is C26H28O14. The number of aliphatic hydroxyl groups is 6. The Kier molecular flexibility index (Phi) is 7.96. The summed E-state index contributed by atoms with van der Waals surface area (Å²) in [7, 11) is 0. The second-order valence-electron chi connectivity index (χ2n) is 9.47. The molecule has 14 nitrogen and oxygen atoms in total. The molecule has 216 valence electrons. The van der Waals surface area contributed by atoms with Crippen LogP contribution in [0.4, 0.5) is 0 Å². The summed E-state index contributed by atoms with van der Waals surface area (Å²) in [6.45, 7) is -1.20. The Balaban J connectivity index is 1.59. The van der Waals surface area contributed by atoms with Crippen molar-refractivity contribution in [3.63, 3.8) is 0 Å². The summed E-state index contributed by atoms with van der Waals surface area (Å²) in [4.78, 5) is 13.6. The number of aromatic hydroxyl groups is 2. The van der Waals surface area contributed by atoms with Gasteiger partial charge in [-0.25, -0.2) is 0 Å². The minimum Gasteiger partial charge on any atom is -0.508 e. The highest BCUT2D eigenvalue weighted by molar-refractivity contribution is 5.88. The van der Waals surface area contributed by atoms with E-state index in [1.54, 1.807) is 30.3 Å². The third-order valence-electron chi connectivity index (χ3n) is 6.76. The molecular weight excluding hydrogens is 536 g/mol. The van der Waals surface area contributed by atoms with Crippen LogP contribution in [0.2, 0.25) is 0 Å². The van der Waals surface area contributed by atoms with Gasteiger partial charge in [0.2, 0.25) is 17.5 Å². The van der Waals surface area contributed by atoms with Gasteiger partial charge in [-0.05, 0) is 0 Å². The van der Waals surface area contributed by atoms with Gasteiger partial charge in [-0.15, -0.1) is 0 Å². The number of phenols is 2. The molecule has 1 aromatic heterocycles. The van der Waals surface area contributed by atoms with Crippen LogP contribution in [0.3, 0.4) is 0 Å². The van der Waals surface area contributed by atoms with Crippen molar-refractivity contribution >= 4 is 11.0 Å². The van der Waals surface area contributed by atoms with E-state index >= 15 is 0 Å². The van der Waals surface area contributed by atoms with Crippen molar-refractivity contribution in [3.05, 3.63) is 52.7 Å². The second kappa shape index (κ2) is 11.3. The van der Waals surface area contributed by atoms with Gasteiger partial charge in [-0.3, -0.25) is 4.79 Å². The molecule has 0 bridgehead atoms. The molecule has 0 aliphatic carbocycles. The third-order valence-corrected chi connectivity index (χ3v) is 6.76. The van der Waals surface area contributed by atoms with Crippen molar-refractivity contribution < 1.29 is 64.2 Å². The summed E-state index contributed by atoms with van der Waals surface area (Å²) in [5.41, 5.74) is -0.718. The summed E-state index contributed by atoms with van der Waals surface area (Å²) < 4.78 is 28.3. The maximum atomic E-state index is 13.6. The van der Waals surface area contributed by atoms with Crippen molar-refractivity contribution in [1.29, 1.82) is 0 Å².